The van der Waals surface area contributed by atoms with Crippen LogP contribution in [0.25, 0.3) is 11.4 Å². The Balaban J connectivity index is 2.21. The number of hydrogen-bond acceptors (Lipinski definition) is 6. The van der Waals surface area contributed by atoms with E-state index in [1.165, 1.54) is 13.8 Å². The molecule has 0 bridgehead atoms. The van der Waals surface area contributed by atoms with Gasteiger partial charge in [-0.2, -0.15) is 0 Å². The van der Waals surface area contributed by atoms with E-state index in [0.717, 1.165) is 11.1 Å². The smallest absolute Gasteiger partial charge is 0.216 e. The van der Waals surface area contributed by atoms with Crippen LogP contribution in [0.15, 0.2) is 24.3 Å². The number of amides is 2. The molecule has 1 aromatic carbocycles. The Hall–Kier alpha value is -2.87. The molecule has 4 N–H and O–H groups in total. The van der Waals surface area contributed by atoms with Crippen LogP contribution in [0.3, 0.4) is 0 Å². The first-order chi connectivity index (χ1) is 13.4. The molecule has 2 aromatic rings. The van der Waals surface area contributed by atoms with Gasteiger partial charge in [-0.25, -0.2) is 9.97 Å². The Morgan fingerprint density at radius 1 is 0.857 bits per heavy atom. The molecule has 0 aliphatic carbocycles. The van der Waals surface area contributed by atoms with E-state index in [9.17, 15) is 9.59 Å². The topological polar surface area (TPSA) is 108 Å². The van der Waals surface area contributed by atoms with Crippen LogP contribution in [0.2, 0.25) is 5.02 Å². The lowest BCUT2D eigenvalue weighted by Crippen LogP contribution is -2.27. The third-order valence-corrected chi connectivity index (χ3v) is 4.08. The molecular formula is C19H25ClN6O2. The fourth-order valence-corrected chi connectivity index (χ4v) is 2.55. The van der Waals surface area contributed by atoms with Crippen molar-refractivity contribution < 1.29 is 9.59 Å². The molecule has 0 saturated carbocycles. The molecule has 0 atom stereocenters. The molecular weight excluding hydrogens is 380 g/mol. The standard InChI is InChI=1S/C19H25ClN6O2/c1-12-17(23-10-8-21-13(2)27)25-19(15-4-6-16(20)7-5-15)26-18(12)24-11-9-22-14(3)28/h4-7H,8-11H2,1-3H3,(H,21,27)(H,22,28)(H2,23,24,25,26). The second-order valence-electron chi connectivity index (χ2n) is 6.20. The van der Waals surface area contributed by atoms with Crippen molar-refractivity contribution in [3.05, 3.63) is 34.9 Å². The fraction of sp³-hybridized carbons (Fsp3) is 0.368. The zero-order valence-electron chi connectivity index (χ0n) is 16.2. The number of aromatic nitrogens is 2. The fourth-order valence-electron chi connectivity index (χ4n) is 2.43. The summed E-state index contributed by atoms with van der Waals surface area (Å²) in [4.78, 5) is 31.3. The minimum Gasteiger partial charge on any atom is -0.368 e. The van der Waals surface area contributed by atoms with Gasteiger partial charge in [0.05, 0.1) is 0 Å². The molecule has 0 fully saturated rings. The van der Waals surface area contributed by atoms with Crippen LogP contribution in [-0.2, 0) is 9.59 Å². The van der Waals surface area contributed by atoms with Gasteiger partial charge in [-0.05, 0) is 31.2 Å². The number of benzene rings is 1. The highest BCUT2D eigenvalue weighted by molar-refractivity contribution is 6.30. The zero-order valence-corrected chi connectivity index (χ0v) is 17.0. The number of halogens is 1. The molecule has 2 rings (SSSR count). The molecule has 0 saturated heterocycles. The SMILES string of the molecule is CC(=O)NCCNc1nc(-c2ccc(Cl)cc2)nc(NCCNC(C)=O)c1C. The predicted molar refractivity (Wildman–Crippen MR) is 112 cm³/mol. The molecule has 8 nitrogen and oxygen atoms in total. The number of hydrogen-bond donors (Lipinski definition) is 4. The van der Waals surface area contributed by atoms with Crippen molar-refractivity contribution in [2.24, 2.45) is 0 Å². The Morgan fingerprint density at radius 2 is 1.32 bits per heavy atom. The Labute approximate surface area is 169 Å². The van der Waals surface area contributed by atoms with Gasteiger partial charge in [0.25, 0.3) is 0 Å². The first-order valence-electron chi connectivity index (χ1n) is 8.98. The van der Waals surface area contributed by atoms with Gasteiger partial charge in [0.2, 0.25) is 11.8 Å². The molecule has 9 heteroatoms. The lowest BCUT2D eigenvalue weighted by atomic mass is 10.2. The normalized spacial score (nSPS) is 10.3. The minimum atomic E-state index is -0.0802. The second kappa shape index (κ2) is 10.5. The van der Waals surface area contributed by atoms with Crippen LogP contribution in [-0.4, -0.2) is 48.0 Å². The maximum atomic E-state index is 11.0. The predicted octanol–water partition coefficient (Wildman–Crippen LogP) is 2.20. The number of nitrogens with one attached hydrogen (secondary N) is 4. The molecule has 1 aromatic heterocycles. The van der Waals surface area contributed by atoms with Crippen LogP contribution >= 0.6 is 11.6 Å². The summed E-state index contributed by atoms with van der Waals surface area (Å²) in [6, 6.07) is 7.28. The summed E-state index contributed by atoms with van der Waals surface area (Å²) in [6.07, 6.45) is 0. The minimum absolute atomic E-state index is 0.0802. The van der Waals surface area contributed by atoms with E-state index in [1.54, 1.807) is 12.1 Å². The Morgan fingerprint density at radius 3 is 1.75 bits per heavy atom. The summed E-state index contributed by atoms with van der Waals surface area (Å²) in [5.74, 6) is 1.73. The average molecular weight is 405 g/mol. The number of rotatable bonds is 9. The van der Waals surface area contributed by atoms with E-state index >= 15 is 0 Å². The Kier molecular flexibility index (Phi) is 8.01. The van der Waals surface area contributed by atoms with E-state index in [0.29, 0.717) is 48.7 Å². The lowest BCUT2D eigenvalue weighted by Gasteiger charge is -2.16. The van der Waals surface area contributed by atoms with E-state index in [1.807, 2.05) is 19.1 Å². The molecule has 28 heavy (non-hydrogen) atoms. The van der Waals surface area contributed by atoms with Crippen molar-refractivity contribution in [3.63, 3.8) is 0 Å². The summed E-state index contributed by atoms with van der Waals surface area (Å²) in [7, 11) is 0. The highest BCUT2D eigenvalue weighted by Gasteiger charge is 2.12. The molecule has 0 spiro atoms. The maximum Gasteiger partial charge on any atom is 0.216 e. The molecule has 0 aliphatic heterocycles. The number of anilines is 2. The van der Waals surface area contributed by atoms with Crippen molar-refractivity contribution in [2.45, 2.75) is 20.8 Å². The Bertz CT molecular complexity index is 783. The summed E-state index contributed by atoms with van der Waals surface area (Å²) in [6.45, 7) is 6.90. The first kappa shape index (κ1) is 21.4. The monoisotopic (exact) mass is 404 g/mol. The molecule has 150 valence electrons. The van der Waals surface area contributed by atoms with Crippen molar-refractivity contribution in [1.29, 1.82) is 0 Å². The quantitative estimate of drug-likeness (QED) is 0.477. The molecule has 0 unspecified atom stereocenters. The zero-order chi connectivity index (χ0) is 20.5. The number of carbonyl (C=O) groups is 2. The summed E-state index contributed by atoms with van der Waals surface area (Å²) in [5, 5.41) is 12.6. The molecule has 1 heterocycles. The van der Waals surface area contributed by atoms with Gasteiger partial charge in [0, 0.05) is 56.2 Å². The van der Waals surface area contributed by atoms with Gasteiger partial charge in [-0.3, -0.25) is 9.59 Å². The third-order valence-electron chi connectivity index (χ3n) is 3.83. The number of nitrogens with zero attached hydrogens (tertiary/aromatic N) is 2. The molecule has 2 amide bonds. The average Bonchev–Trinajstić information content (AvgIpc) is 2.64. The summed E-state index contributed by atoms with van der Waals surface area (Å²) >= 11 is 5.97. The molecule has 0 aliphatic rings. The number of carbonyl (C=O) groups excluding carboxylic acids is 2. The first-order valence-corrected chi connectivity index (χ1v) is 9.36. The van der Waals surface area contributed by atoms with E-state index in [2.05, 4.69) is 31.2 Å². The maximum absolute atomic E-state index is 11.0. The summed E-state index contributed by atoms with van der Waals surface area (Å²) in [5.41, 5.74) is 1.68. The van der Waals surface area contributed by atoms with Crippen LogP contribution in [0, 0.1) is 6.92 Å². The van der Waals surface area contributed by atoms with Crippen LogP contribution in [0.4, 0.5) is 11.6 Å². The highest BCUT2D eigenvalue weighted by Crippen LogP contribution is 2.25. The van der Waals surface area contributed by atoms with Gasteiger partial charge in [-0.15, -0.1) is 0 Å². The molecule has 0 radical (unpaired) electrons. The highest BCUT2D eigenvalue weighted by atomic mass is 35.5. The van der Waals surface area contributed by atoms with Crippen molar-refractivity contribution in [1.82, 2.24) is 20.6 Å². The van der Waals surface area contributed by atoms with Crippen molar-refractivity contribution in [2.75, 3.05) is 36.8 Å². The van der Waals surface area contributed by atoms with Crippen LogP contribution in [0.1, 0.15) is 19.4 Å². The second-order valence-corrected chi connectivity index (χ2v) is 6.63. The van der Waals surface area contributed by atoms with E-state index in [4.69, 9.17) is 11.6 Å². The largest absolute Gasteiger partial charge is 0.368 e. The van der Waals surface area contributed by atoms with Gasteiger partial charge in [0.1, 0.15) is 11.6 Å². The van der Waals surface area contributed by atoms with Gasteiger partial charge in [-0.1, -0.05) is 11.6 Å². The van der Waals surface area contributed by atoms with Crippen LogP contribution < -0.4 is 21.3 Å². The van der Waals surface area contributed by atoms with E-state index in [-0.39, 0.29) is 11.8 Å². The van der Waals surface area contributed by atoms with Crippen molar-refractivity contribution >= 4 is 35.1 Å². The van der Waals surface area contributed by atoms with E-state index < -0.39 is 0 Å². The van der Waals surface area contributed by atoms with Gasteiger partial charge < -0.3 is 21.3 Å². The van der Waals surface area contributed by atoms with Gasteiger partial charge in [0.15, 0.2) is 5.82 Å². The third kappa shape index (κ3) is 6.70. The van der Waals surface area contributed by atoms with Crippen LogP contribution in [0.5, 0.6) is 0 Å². The van der Waals surface area contributed by atoms with Gasteiger partial charge >= 0.3 is 0 Å². The summed E-state index contributed by atoms with van der Waals surface area (Å²) < 4.78 is 0. The van der Waals surface area contributed by atoms with Crippen molar-refractivity contribution in [3.8, 4) is 11.4 Å². The lowest BCUT2D eigenvalue weighted by molar-refractivity contribution is -0.119.